The van der Waals surface area contributed by atoms with E-state index in [2.05, 4.69) is 72.3 Å². The topological polar surface area (TPSA) is 30.9 Å². The minimum Gasteiger partial charge on any atom is -0.398 e. The van der Waals surface area contributed by atoms with Crippen molar-refractivity contribution >= 4 is 29.6 Å². The van der Waals surface area contributed by atoms with Gasteiger partial charge in [0.15, 0.2) is 0 Å². The molecule has 2 heteroatoms. The minimum atomic E-state index is 0.00852. The van der Waals surface area contributed by atoms with Crippen LogP contribution in [0.15, 0.2) is 78.9 Å². The monoisotopic (exact) mass is 324 g/mol. The van der Waals surface area contributed by atoms with Crippen LogP contribution in [0, 0.1) is 0 Å². The Labute approximate surface area is 147 Å². The maximum absolute atomic E-state index is 6.24. The molecule has 2 N–H and O–H groups in total. The van der Waals surface area contributed by atoms with Crippen LogP contribution in [-0.2, 0) is 0 Å². The highest BCUT2D eigenvalue weighted by Gasteiger charge is 2.19. The smallest absolute Gasteiger partial charge is 0.0844 e. The Morgan fingerprint density at radius 2 is 1.24 bits per heavy atom. The number of nitrogens with zero attached hydrogens (tertiary/aromatic N) is 1. The lowest BCUT2D eigenvalue weighted by molar-refractivity contribution is 0.652. The van der Waals surface area contributed by atoms with Crippen LogP contribution in [-0.4, -0.2) is 4.57 Å². The van der Waals surface area contributed by atoms with Crippen molar-refractivity contribution < 1.29 is 0 Å². The van der Waals surface area contributed by atoms with Gasteiger partial charge in [0, 0.05) is 27.2 Å². The third-order valence-electron chi connectivity index (χ3n) is 4.77. The first-order chi connectivity index (χ1) is 12.2. The van der Waals surface area contributed by atoms with Gasteiger partial charge < -0.3 is 10.3 Å². The normalized spacial score (nSPS) is 11.2. The molecule has 0 saturated heterocycles. The summed E-state index contributed by atoms with van der Waals surface area (Å²) in [6.45, 7) is 8.70. The molecule has 0 amide bonds. The SMILES string of the molecule is C=c1c2cccc(N)c2c(=C)n1C(c1ccccc1)c1ccccc1. The summed E-state index contributed by atoms with van der Waals surface area (Å²) in [6.07, 6.45) is 0. The summed E-state index contributed by atoms with van der Waals surface area (Å²) in [4.78, 5) is 0. The molecule has 0 saturated carbocycles. The minimum absolute atomic E-state index is 0.00852. The van der Waals surface area contributed by atoms with Crippen molar-refractivity contribution in [2.45, 2.75) is 6.04 Å². The van der Waals surface area contributed by atoms with E-state index < -0.39 is 0 Å². The highest BCUT2D eigenvalue weighted by molar-refractivity contribution is 5.93. The number of aromatic nitrogens is 1. The van der Waals surface area contributed by atoms with Crippen molar-refractivity contribution in [2.75, 3.05) is 5.73 Å². The van der Waals surface area contributed by atoms with Gasteiger partial charge in [-0.3, -0.25) is 0 Å². The van der Waals surface area contributed by atoms with Gasteiger partial charge in [0.1, 0.15) is 0 Å². The third kappa shape index (κ3) is 2.43. The molecular weight excluding hydrogens is 304 g/mol. The van der Waals surface area contributed by atoms with Gasteiger partial charge in [-0.05, 0) is 17.2 Å². The summed E-state index contributed by atoms with van der Waals surface area (Å²) in [5.74, 6) is 0. The molecule has 0 radical (unpaired) electrons. The average Bonchev–Trinajstić information content (AvgIpc) is 2.90. The van der Waals surface area contributed by atoms with Gasteiger partial charge >= 0.3 is 0 Å². The molecule has 0 fully saturated rings. The lowest BCUT2D eigenvalue weighted by atomic mass is 9.98. The number of nitrogens with two attached hydrogens (primary N) is 1. The Kier molecular flexibility index (Phi) is 3.66. The number of rotatable bonds is 3. The van der Waals surface area contributed by atoms with Gasteiger partial charge in [0.05, 0.1) is 6.04 Å². The highest BCUT2D eigenvalue weighted by Crippen LogP contribution is 2.26. The number of nitrogen functional groups attached to an aromatic ring is 1. The summed E-state index contributed by atoms with van der Waals surface area (Å²) in [7, 11) is 0. The zero-order valence-electron chi connectivity index (χ0n) is 14.0. The Balaban J connectivity index is 2.08. The van der Waals surface area contributed by atoms with Crippen LogP contribution in [0.1, 0.15) is 17.2 Å². The molecule has 4 aromatic rings. The molecule has 3 aromatic carbocycles. The van der Waals surface area contributed by atoms with Crippen LogP contribution in [0.4, 0.5) is 5.69 Å². The lowest BCUT2D eigenvalue weighted by Crippen LogP contribution is -2.31. The molecular formula is C23H20N2. The molecule has 25 heavy (non-hydrogen) atoms. The van der Waals surface area contributed by atoms with E-state index in [1.54, 1.807) is 0 Å². The highest BCUT2D eigenvalue weighted by atomic mass is 15.0. The molecule has 0 spiro atoms. The fraction of sp³-hybridized carbons (Fsp3) is 0.0435. The van der Waals surface area contributed by atoms with E-state index in [-0.39, 0.29) is 6.04 Å². The molecule has 0 bridgehead atoms. The first-order valence-corrected chi connectivity index (χ1v) is 8.34. The van der Waals surface area contributed by atoms with Gasteiger partial charge in [-0.15, -0.1) is 0 Å². The van der Waals surface area contributed by atoms with Gasteiger partial charge in [-0.1, -0.05) is 86.0 Å². The second-order valence-corrected chi connectivity index (χ2v) is 6.26. The second-order valence-electron chi connectivity index (χ2n) is 6.26. The Bertz CT molecular complexity index is 1090. The Morgan fingerprint density at radius 1 is 0.680 bits per heavy atom. The molecule has 0 aliphatic rings. The summed E-state index contributed by atoms with van der Waals surface area (Å²) in [6, 6.07) is 26.9. The molecule has 122 valence electrons. The van der Waals surface area contributed by atoms with Crippen molar-refractivity contribution in [2.24, 2.45) is 0 Å². The van der Waals surface area contributed by atoms with E-state index in [1.165, 1.54) is 11.1 Å². The largest absolute Gasteiger partial charge is 0.398 e. The zero-order chi connectivity index (χ0) is 17.4. The number of hydrogen-bond donors (Lipinski definition) is 1. The van der Waals surface area contributed by atoms with E-state index in [9.17, 15) is 0 Å². The number of anilines is 1. The fourth-order valence-corrected chi connectivity index (χ4v) is 3.62. The molecule has 2 nitrogen and oxygen atoms in total. The van der Waals surface area contributed by atoms with Gasteiger partial charge in [0.25, 0.3) is 0 Å². The molecule has 0 aliphatic heterocycles. The van der Waals surface area contributed by atoms with Gasteiger partial charge in [0.2, 0.25) is 0 Å². The van der Waals surface area contributed by atoms with Crippen LogP contribution in [0.25, 0.3) is 23.9 Å². The van der Waals surface area contributed by atoms with E-state index in [1.807, 2.05) is 24.3 Å². The predicted octanol–water partition coefficient (Wildman–Crippen LogP) is 3.68. The predicted molar refractivity (Wildman–Crippen MR) is 107 cm³/mol. The summed E-state index contributed by atoms with van der Waals surface area (Å²) < 4.78 is 2.20. The van der Waals surface area contributed by atoms with Crippen LogP contribution in [0.3, 0.4) is 0 Å². The maximum Gasteiger partial charge on any atom is 0.0844 e. The average molecular weight is 324 g/mol. The maximum atomic E-state index is 6.24. The molecule has 1 aromatic heterocycles. The van der Waals surface area contributed by atoms with E-state index in [4.69, 9.17) is 5.73 Å². The van der Waals surface area contributed by atoms with E-state index in [0.29, 0.717) is 0 Å². The zero-order valence-corrected chi connectivity index (χ0v) is 14.0. The summed E-state index contributed by atoms with van der Waals surface area (Å²) in [5.41, 5.74) is 9.37. The number of fused-ring (bicyclic) bond motifs is 1. The first kappa shape index (κ1) is 15.3. The van der Waals surface area contributed by atoms with Crippen molar-refractivity contribution in [1.29, 1.82) is 0 Å². The van der Waals surface area contributed by atoms with Crippen molar-refractivity contribution in [3.63, 3.8) is 0 Å². The van der Waals surface area contributed by atoms with Crippen molar-refractivity contribution in [1.82, 2.24) is 4.57 Å². The second kappa shape index (κ2) is 5.99. The molecule has 1 heterocycles. The standard InChI is InChI=1S/C23H20N2/c1-16-20-14-9-15-21(24)22(20)17(2)25(16)23(18-10-5-3-6-11-18)19-12-7-4-8-13-19/h3-15,23H,1-2,24H2. The van der Waals surface area contributed by atoms with E-state index in [0.717, 1.165) is 27.2 Å². The third-order valence-corrected chi connectivity index (χ3v) is 4.77. The summed E-state index contributed by atoms with van der Waals surface area (Å²) in [5, 5.41) is 3.88. The molecule has 0 unspecified atom stereocenters. The van der Waals surface area contributed by atoms with Crippen molar-refractivity contribution in [3.8, 4) is 0 Å². The fourth-order valence-electron chi connectivity index (χ4n) is 3.62. The lowest BCUT2D eigenvalue weighted by Gasteiger charge is -2.21. The molecule has 0 aliphatic carbocycles. The van der Waals surface area contributed by atoms with E-state index >= 15 is 0 Å². The van der Waals surface area contributed by atoms with Crippen LogP contribution >= 0.6 is 0 Å². The summed E-state index contributed by atoms with van der Waals surface area (Å²) >= 11 is 0. The van der Waals surface area contributed by atoms with Crippen LogP contribution in [0.2, 0.25) is 0 Å². The number of benzene rings is 3. The first-order valence-electron chi connectivity index (χ1n) is 8.34. The van der Waals surface area contributed by atoms with Crippen molar-refractivity contribution in [3.05, 3.63) is 101 Å². The van der Waals surface area contributed by atoms with Gasteiger partial charge in [-0.25, -0.2) is 0 Å². The van der Waals surface area contributed by atoms with Crippen LogP contribution < -0.4 is 16.4 Å². The quantitative estimate of drug-likeness (QED) is 0.573. The van der Waals surface area contributed by atoms with Crippen LogP contribution in [0.5, 0.6) is 0 Å². The Morgan fingerprint density at radius 3 is 1.76 bits per heavy atom. The Hall–Kier alpha value is -3.26. The molecule has 4 rings (SSSR count). The van der Waals surface area contributed by atoms with Gasteiger partial charge in [-0.2, -0.15) is 0 Å². The molecule has 0 atom stereocenters. The number of hydrogen-bond acceptors (Lipinski definition) is 1.